The molecule has 0 unspecified atom stereocenters. The molecule has 1 aromatic carbocycles. The van der Waals surface area contributed by atoms with Crippen molar-refractivity contribution in [1.29, 1.82) is 0 Å². The summed E-state index contributed by atoms with van der Waals surface area (Å²) in [5.41, 5.74) is 0.737. The monoisotopic (exact) mass is 329 g/mol. The fourth-order valence-electron chi connectivity index (χ4n) is 2.77. The number of benzene rings is 1. The number of aryl methyl sites for hydroxylation is 1. The van der Waals surface area contributed by atoms with E-state index in [-0.39, 0.29) is 23.6 Å². The van der Waals surface area contributed by atoms with Crippen LogP contribution in [0, 0.1) is 6.92 Å². The summed E-state index contributed by atoms with van der Waals surface area (Å²) in [5, 5.41) is 16.1. The van der Waals surface area contributed by atoms with Crippen LogP contribution in [0.4, 0.5) is 0 Å². The summed E-state index contributed by atoms with van der Waals surface area (Å²) in [4.78, 5) is 26.2. The highest BCUT2D eigenvalue weighted by Gasteiger charge is 2.26. The zero-order chi connectivity index (χ0) is 17.1. The summed E-state index contributed by atoms with van der Waals surface area (Å²) >= 11 is 0. The highest BCUT2D eigenvalue weighted by molar-refractivity contribution is 5.95. The van der Waals surface area contributed by atoms with E-state index < -0.39 is 0 Å². The number of carbonyl (C=O) groups is 2. The second-order valence-electron chi connectivity index (χ2n) is 5.91. The molecule has 2 N–H and O–H groups in total. The Morgan fingerprint density at radius 1 is 1.29 bits per heavy atom. The Morgan fingerprint density at radius 2 is 2.04 bits per heavy atom. The molecule has 1 saturated heterocycles. The van der Waals surface area contributed by atoms with E-state index in [1.165, 1.54) is 12.1 Å². The van der Waals surface area contributed by atoms with Gasteiger partial charge in [-0.25, -0.2) is 0 Å². The SMILES string of the molecule is Cc1cc(C(=O)N2CCC(NC(=O)c3cccc(O)c3)CC2)no1. The van der Waals surface area contributed by atoms with Crippen molar-refractivity contribution in [3.63, 3.8) is 0 Å². The van der Waals surface area contributed by atoms with Gasteiger partial charge >= 0.3 is 0 Å². The van der Waals surface area contributed by atoms with E-state index in [1.807, 2.05) is 0 Å². The molecule has 2 heterocycles. The molecule has 1 aliphatic rings. The molecular formula is C17H19N3O4. The maximum absolute atomic E-state index is 12.3. The molecule has 3 rings (SSSR count). The number of phenolic OH excluding ortho intramolecular Hbond substituents is 1. The van der Waals surface area contributed by atoms with Crippen LogP contribution in [0.5, 0.6) is 5.75 Å². The largest absolute Gasteiger partial charge is 0.508 e. The van der Waals surface area contributed by atoms with Gasteiger partial charge in [-0.15, -0.1) is 0 Å². The molecule has 2 aromatic rings. The van der Waals surface area contributed by atoms with Crippen molar-refractivity contribution in [3.05, 3.63) is 47.3 Å². The lowest BCUT2D eigenvalue weighted by molar-refractivity contribution is 0.0688. The molecule has 1 aliphatic heterocycles. The zero-order valence-corrected chi connectivity index (χ0v) is 13.4. The number of hydrogen-bond donors (Lipinski definition) is 2. The van der Waals surface area contributed by atoms with Crippen molar-refractivity contribution < 1.29 is 19.2 Å². The van der Waals surface area contributed by atoms with Crippen LogP contribution in [0.3, 0.4) is 0 Å². The number of nitrogens with zero attached hydrogens (tertiary/aromatic N) is 2. The molecule has 0 bridgehead atoms. The van der Waals surface area contributed by atoms with E-state index in [0.717, 1.165) is 0 Å². The van der Waals surface area contributed by atoms with Crippen molar-refractivity contribution in [3.8, 4) is 5.75 Å². The Kier molecular flexibility index (Phi) is 4.50. The first-order valence-corrected chi connectivity index (χ1v) is 7.85. The Morgan fingerprint density at radius 3 is 2.67 bits per heavy atom. The lowest BCUT2D eigenvalue weighted by atomic mass is 10.0. The van der Waals surface area contributed by atoms with Crippen LogP contribution in [0.25, 0.3) is 0 Å². The number of piperidine rings is 1. The smallest absolute Gasteiger partial charge is 0.276 e. The lowest BCUT2D eigenvalue weighted by Gasteiger charge is -2.31. The van der Waals surface area contributed by atoms with Crippen molar-refractivity contribution in [2.75, 3.05) is 13.1 Å². The predicted octanol–water partition coefficient (Wildman–Crippen LogP) is 1.72. The minimum Gasteiger partial charge on any atom is -0.508 e. The van der Waals surface area contributed by atoms with Crippen LogP contribution in [0.1, 0.15) is 39.4 Å². The summed E-state index contributed by atoms with van der Waals surface area (Å²) in [5.74, 6) is 0.296. The van der Waals surface area contributed by atoms with Crippen LogP contribution < -0.4 is 5.32 Å². The second-order valence-corrected chi connectivity index (χ2v) is 5.91. The number of carbonyl (C=O) groups excluding carboxylic acids is 2. The van der Waals surface area contributed by atoms with E-state index in [0.29, 0.717) is 42.9 Å². The number of amides is 2. The van der Waals surface area contributed by atoms with Gasteiger partial charge in [0, 0.05) is 30.8 Å². The first kappa shape index (κ1) is 16.0. The number of nitrogens with one attached hydrogen (secondary N) is 1. The summed E-state index contributed by atoms with van der Waals surface area (Å²) in [6, 6.07) is 7.86. The lowest BCUT2D eigenvalue weighted by Crippen LogP contribution is -2.46. The Balaban J connectivity index is 1.53. The van der Waals surface area contributed by atoms with E-state index in [1.54, 1.807) is 30.0 Å². The van der Waals surface area contributed by atoms with Gasteiger partial charge in [-0.1, -0.05) is 11.2 Å². The zero-order valence-electron chi connectivity index (χ0n) is 13.4. The van der Waals surface area contributed by atoms with Gasteiger partial charge < -0.3 is 19.8 Å². The van der Waals surface area contributed by atoms with Crippen molar-refractivity contribution in [2.24, 2.45) is 0 Å². The van der Waals surface area contributed by atoms with Gasteiger partial charge in [-0.3, -0.25) is 9.59 Å². The highest BCUT2D eigenvalue weighted by atomic mass is 16.5. The molecule has 24 heavy (non-hydrogen) atoms. The Labute approximate surface area is 139 Å². The molecule has 0 radical (unpaired) electrons. The molecule has 0 spiro atoms. The fraction of sp³-hybridized carbons (Fsp3) is 0.353. The van der Waals surface area contributed by atoms with E-state index in [9.17, 15) is 14.7 Å². The molecule has 0 atom stereocenters. The fourth-order valence-corrected chi connectivity index (χ4v) is 2.77. The third-order valence-electron chi connectivity index (χ3n) is 4.07. The first-order chi connectivity index (χ1) is 11.5. The summed E-state index contributed by atoms with van der Waals surface area (Å²) in [7, 11) is 0. The molecule has 0 aliphatic carbocycles. The number of hydrogen-bond acceptors (Lipinski definition) is 5. The average molecular weight is 329 g/mol. The second kappa shape index (κ2) is 6.74. The van der Waals surface area contributed by atoms with Gasteiger partial charge in [0.2, 0.25) is 0 Å². The molecule has 7 heteroatoms. The predicted molar refractivity (Wildman–Crippen MR) is 85.7 cm³/mol. The van der Waals surface area contributed by atoms with Crippen LogP contribution >= 0.6 is 0 Å². The molecule has 1 aromatic heterocycles. The number of aromatic hydroxyl groups is 1. The summed E-state index contributed by atoms with van der Waals surface area (Å²) in [6.45, 7) is 2.85. The molecule has 2 amide bonds. The molecule has 7 nitrogen and oxygen atoms in total. The Bertz CT molecular complexity index is 748. The maximum Gasteiger partial charge on any atom is 0.276 e. The third-order valence-corrected chi connectivity index (χ3v) is 4.07. The van der Waals surface area contributed by atoms with Crippen LogP contribution in [0.15, 0.2) is 34.9 Å². The number of rotatable bonds is 3. The van der Waals surface area contributed by atoms with Gasteiger partial charge in [0.15, 0.2) is 5.69 Å². The normalized spacial score (nSPS) is 15.3. The minimum absolute atomic E-state index is 0.00273. The molecule has 1 fully saturated rings. The third kappa shape index (κ3) is 3.56. The van der Waals surface area contributed by atoms with E-state index >= 15 is 0 Å². The quantitative estimate of drug-likeness (QED) is 0.894. The minimum atomic E-state index is -0.220. The summed E-state index contributed by atoms with van der Waals surface area (Å²) in [6.07, 6.45) is 1.35. The van der Waals surface area contributed by atoms with Crippen LogP contribution in [-0.2, 0) is 0 Å². The average Bonchev–Trinajstić information content (AvgIpc) is 3.01. The van der Waals surface area contributed by atoms with Gasteiger partial charge in [-0.2, -0.15) is 0 Å². The van der Waals surface area contributed by atoms with Crippen molar-refractivity contribution >= 4 is 11.8 Å². The molecular weight excluding hydrogens is 310 g/mol. The maximum atomic E-state index is 12.3. The molecule has 0 saturated carbocycles. The number of likely N-dealkylation sites (tertiary alicyclic amines) is 1. The van der Waals surface area contributed by atoms with Gasteiger partial charge in [0.05, 0.1) is 0 Å². The molecule has 126 valence electrons. The van der Waals surface area contributed by atoms with E-state index in [2.05, 4.69) is 10.5 Å². The number of phenols is 1. The van der Waals surface area contributed by atoms with Crippen LogP contribution in [-0.4, -0.2) is 46.1 Å². The number of aromatic nitrogens is 1. The van der Waals surface area contributed by atoms with Crippen molar-refractivity contribution in [2.45, 2.75) is 25.8 Å². The van der Waals surface area contributed by atoms with Gasteiger partial charge in [0.1, 0.15) is 11.5 Å². The van der Waals surface area contributed by atoms with Crippen molar-refractivity contribution in [1.82, 2.24) is 15.4 Å². The van der Waals surface area contributed by atoms with Gasteiger partial charge in [-0.05, 0) is 38.0 Å². The Hall–Kier alpha value is -2.83. The van der Waals surface area contributed by atoms with Gasteiger partial charge in [0.25, 0.3) is 11.8 Å². The van der Waals surface area contributed by atoms with E-state index in [4.69, 9.17) is 4.52 Å². The van der Waals surface area contributed by atoms with Crippen LogP contribution in [0.2, 0.25) is 0 Å². The standard InChI is InChI=1S/C17H19N3O4/c1-11-9-15(19-24-11)17(23)20-7-5-13(6-8-20)18-16(22)12-3-2-4-14(21)10-12/h2-4,9-10,13,21H,5-8H2,1H3,(H,18,22). The summed E-state index contributed by atoms with van der Waals surface area (Å²) < 4.78 is 4.93. The highest BCUT2D eigenvalue weighted by Crippen LogP contribution is 2.16. The first-order valence-electron chi connectivity index (χ1n) is 7.85. The topological polar surface area (TPSA) is 95.7 Å².